The number of benzene rings is 3. The predicted molar refractivity (Wildman–Crippen MR) is 95.9 cm³/mol. The third kappa shape index (κ3) is 2.71. The molecule has 0 saturated heterocycles. The molecule has 2 N–H and O–H groups in total. The molecule has 0 spiro atoms. The van der Waals surface area contributed by atoms with Crippen molar-refractivity contribution in [2.75, 3.05) is 5.73 Å². The van der Waals surface area contributed by atoms with Crippen LogP contribution in [-0.4, -0.2) is 0 Å². The fourth-order valence-electron chi connectivity index (χ4n) is 3.07. The Morgan fingerprint density at radius 3 is 1.76 bits per heavy atom. The number of nitrogen functional groups attached to an aromatic ring is 1. The van der Waals surface area contributed by atoms with E-state index in [1.54, 1.807) is 12.1 Å². The van der Waals surface area contributed by atoms with E-state index >= 15 is 0 Å². The minimum Gasteiger partial charge on any atom is -0.397 e. The fraction of sp³-hybridized carbons (Fsp3) is 0.0476. The highest BCUT2D eigenvalue weighted by molar-refractivity contribution is 5.92. The quantitative estimate of drug-likeness (QED) is 0.687. The van der Waals surface area contributed by atoms with Gasteiger partial charge in [-0.1, -0.05) is 42.5 Å². The van der Waals surface area contributed by atoms with Gasteiger partial charge in [0.15, 0.2) is 0 Å². The molecule has 0 unspecified atom stereocenters. The number of rotatable bonds is 2. The van der Waals surface area contributed by atoms with Crippen molar-refractivity contribution in [3.8, 4) is 34.4 Å². The van der Waals surface area contributed by atoms with Gasteiger partial charge in [0.05, 0.1) is 16.8 Å². The van der Waals surface area contributed by atoms with Gasteiger partial charge in [-0.15, -0.1) is 0 Å². The summed E-state index contributed by atoms with van der Waals surface area (Å²) in [5, 5.41) is 19.2. The smallest absolute Gasteiger partial charge is 0.123 e. The molecule has 0 aromatic heterocycles. The van der Waals surface area contributed by atoms with Crippen molar-refractivity contribution in [3.05, 3.63) is 77.1 Å². The van der Waals surface area contributed by atoms with Crippen LogP contribution in [0.5, 0.6) is 0 Å². The molecule has 0 aliphatic rings. The second-order valence-electron chi connectivity index (χ2n) is 5.64. The first-order valence-electron chi connectivity index (χ1n) is 7.66. The van der Waals surface area contributed by atoms with E-state index in [1.165, 1.54) is 12.1 Å². The van der Waals surface area contributed by atoms with Gasteiger partial charge in [-0.05, 0) is 35.7 Å². The Bertz CT molecular complexity index is 1020. The van der Waals surface area contributed by atoms with E-state index in [0.29, 0.717) is 16.7 Å². The van der Waals surface area contributed by atoms with Crippen molar-refractivity contribution in [2.45, 2.75) is 6.92 Å². The maximum atomic E-state index is 13.3. The van der Waals surface area contributed by atoms with E-state index in [4.69, 9.17) is 5.73 Å². The Balaban J connectivity index is 2.44. The largest absolute Gasteiger partial charge is 0.397 e. The van der Waals surface area contributed by atoms with Crippen LogP contribution < -0.4 is 5.73 Å². The average molecular weight is 327 g/mol. The van der Waals surface area contributed by atoms with E-state index in [9.17, 15) is 14.9 Å². The first-order chi connectivity index (χ1) is 12.1. The first-order valence-corrected chi connectivity index (χ1v) is 7.66. The lowest BCUT2D eigenvalue weighted by Gasteiger charge is -2.18. The highest BCUT2D eigenvalue weighted by atomic mass is 19.1. The molecule has 0 radical (unpaired) electrons. The van der Waals surface area contributed by atoms with Crippen LogP contribution in [0.4, 0.5) is 10.1 Å². The normalized spacial score (nSPS) is 10.1. The SMILES string of the molecule is Cc1c(-c2ccccc2)c(C#N)c(N)c(C#N)c1-c1ccc(F)cc1. The molecular weight excluding hydrogens is 313 g/mol. The van der Waals surface area contributed by atoms with Crippen molar-refractivity contribution in [2.24, 2.45) is 0 Å². The number of halogens is 1. The van der Waals surface area contributed by atoms with Gasteiger partial charge >= 0.3 is 0 Å². The van der Waals surface area contributed by atoms with Gasteiger partial charge in [0.2, 0.25) is 0 Å². The zero-order valence-electron chi connectivity index (χ0n) is 13.5. The Labute approximate surface area is 145 Å². The van der Waals surface area contributed by atoms with Gasteiger partial charge in [0, 0.05) is 11.1 Å². The summed E-state index contributed by atoms with van der Waals surface area (Å²) in [5.41, 5.74) is 10.4. The molecular formula is C21H14FN3. The summed E-state index contributed by atoms with van der Waals surface area (Å²) in [6.07, 6.45) is 0. The molecule has 0 heterocycles. The van der Waals surface area contributed by atoms with Gasteiger partial charge in [0.25, 0.3) is 0 Å². The Morgan fingerprint density at radius 2 is 1.28 bits per heavy atom. The number of hydrogen-bond donors (Lipinski definition) is 1. The summed E-state index contributed by atoms with van der Waals surface area (Å²) in [6, 6.07) is 19.6. The van der Waals surface area contributed by atoms with Gasteiger partial charge in [-0.2, -0.15) is 10.5 Å². The maximum absolute atomic E-state index is 13.3. The van der Waals surface area contributed by atoms with Crippen LogP contribution in [0.2, 0.25) is 0 Å². The Kier molecular flexibility index (Phi) is 4.20. The van der Waals surface area contributed by atoms with Gasteiger partial charge in [-0.25, -0.2) is 4.39 Å². The lowest BCUT2D eigenvalue weighted by molar-refractivity contribution is 0.628. The van der Waals surface area contributed by atoms with Gasteiger partial charge < -0.3 is 5.73 Å². The zero-order chi connectivity index (χ0) is 18.0. The highest BCUT2D eigenvalue weighted by Gasteiger charge is 2.22. The topological polar surface area (TPSA) is 73.6 Å². The van der Waals surface area contributed by atoms with E-state index in [-0.39, 0.29) is 22.6 Å². The molecule has 0 bridgehead atoms. The summed E-state index contributed by atoms with van der Waals surface area (Å²) >= 11 is 0. The molecule has 0 amide bonds. The minimum atomic E-state index is -0.357. The van der Waals surface area contributed by atoms with Crippen LogP contribution in [-0.2, 0) is 0 Å². The predicted octanol–water partition coefficient (Wildman–Crippen LogP) is 4.79. The monoisotopic (exact) mass is 327 g/mol. The molecule has 0 aliphatic heterocycles. The second-order valence-corrected chi connectivity index (χ2v) is 5.64. The molecule has 0 aliphatic carbocycles. The van der Waals surface area contributed by atoms with E-state index in [1.807, 2.05) is 37.3 Å². The Hall–Kier alpha value is -3.63. The standard InChI is InChI=1S/C21H14FN3/c1-13-19(14-5-3-2-4-6-14)17(11-23)21(25)18(12-24)20(13)15-7-9-16(22)10-8-15/h2-10H,25H2,1H3. The summed E-state index contributed by atoms with van der Waals surface area (Å²) in [6.45, 7) is 1.85. The van der Waals surface area contributed by atoms with E-state index < -0.39 is 0 Å². The second kappa shape index (κ2) is 6.47. The molecule has 4 heteroatoms. The Morgan fingerprint density at radius 1 is 0.800 bits per heavy atom. The van der Waals surface area contributed by atoms with Gasteiger partial charge in [0.1, 0.15) is 18.0 Å². The van der Waals surface area contributed by atoms with Crippen LogP contribution in [0.15, 0.2) is 54.6 Å². The van der Waals surface area contributed by atoms with Crippen LogP contribution in [0.3, 0.4) is 0 Å². The number of nitrogens with zero attached hydrogens (tertiary/aromatic N) is 2. The van der Waals surface area contributed by atoms with Crippen LogP contribution in [0.25, 0.3) is 22.3 Å². The maximum Gasteiger partial charge on any atom is 0.123 e. The third-order valence-electron chi connectivity index (χ3n) is 4.21. The first kappa shape index (κ1) is 16.2. The van der Waals surface area contributed by atoms with Crippen LogP contribution >= 0.6 is 0 Å². The third-order valence-corrected chi connectivity index (χ3v) is 4.21. The highest BCUT2D eigenvalue weighted by Crippen LogP contribution is 2.41. The summed E-state index contributed by atoms with van der Waals surface area (Å²) in [5.74, 6) is -0.357. The molecule has 3 aromatic carbocycles. The molecule has 25 heavy (non-hydrogen) atoms. The summed E-state index contributed by atoms with van der Waals surface area (Å²) < 4.78 is 13.3. The van der Waals surface area contributed by atoms with Gasteiger partial charge in [-0.3, -0.25) is 0 Å². The molecule has 0 fully saturated rings. The number of hydrogen-bond acceptors (Lipinski definition) is 3. The van der Waals surface area contributed by atoms with Crippen molar-refractivity contribution >= 4 is 5.69 Å². The zero-order valence-corrected chi connectivity index (χ0v) is 13.5. The number of nitriles is 2. The van der Waals surface area contributed by atoms with Crippen molar-refractivity contribution in [3.63, 3.8) is 0 Å². The molecule has 0 atom stereocenters. The molecule has 3 aromatic rings. The summed E-state index contributed by atoms with van der Waals surface area (Å²) in [7, 11) is 0. The lowest BCUT2D eigenvalue weighted by atomic mass is 9.85. The molecule has 120 valence electrons. The van der Waals surface area contributed by atoms with Crippen molar-refractivity contribution in [1.29, 1.82) is 10.5 Å². The fourth-order valence-corrected chi connectivity index (χ4v) is 3.07. The van der Waals surface area contributed by atoms with Crippen molar-refractivity contribution in [1.82, 2.24) is 0 Å². The van der Waals surface area contributed by atoms with Crippen LogP contribution in [0, 0.1) is 35.4 Å². The lowest BCUT2D eigenvalue weighted by Crippen LogP contribution is -2.04. The molecule has 0 saturated carbocycles. The van der Waals surface area contributed by atoms with E-state index in [2.05, 4.69) is 12.1 Å². The van der Waals surface area contributed by atoms with Crippen molar-refractivity contribution < 1.29 is 4.39 Å². The summed E-state index contributed by atoms with van der Waals surface area (Å²) in [4.78, 5) is 0. The molecule has 3 rings (SSSR count). The average Bonchev–Trinajstić information content (AvgIpc) is 2.64. The minimum absolute atomic E-state index is 0.147. The molecule has 3 nitrogen and oxygen atoms in total. The van der Waals surface area contributed by atoms with Crippen LogP contribution in [0.1, 0.15) is 16.7 Å². The number of nitrogens with two attached hydrogens (primary N) is 1. The van der Waals surface area contributed by atoms with E-state index in [0.717, 1.165) is 11.1 Å². The number of anilines is 1.